The highest BCUT2D eigenvalue weighted by atomic mass is 31.0. The maximum absolute atomic E-state index is 15.5. The molecule has 14 heteroatoms. The van der Waals surface area contributed by atoms with Gasteiger partial charge in [0.25, 0.3) is 0 Å². The van der Waals surface area contributed by atoms with E-state index in [1.54, 1.807) is 88.4 Å². The molecule has 304 valence electrons. The Morgan fingerprint density at radius 1 is 0.946 bits per heavy atom. The van der Waals surface area contributed by atoms with Gasteiger partial charge < -0.3 is 39.0 Å². The van der Waals surface area contributed by atoms with E-state index in [2.05, 4.69) is 0 Å². The molecule has 12 atom stereocenters. The number of ketones is 1. The van der Waals surface area contributed by atoms with Crippen LogP contribution in [0.4, 0.5) is 0 Å². The van der Waals surface area contributed by atoms with Gasteiger partial charge >= 0.3 is 23.9 Å². The lowest BCUT2D eigenvalue weighted by atomic mass is 9.43. The average molecular weight is 796 g/mol. The van der Waals surface area contributed by atoms with Crippen molar-refractivity contribution >= 4 is 39.1 Å². The lowest BCUT2D eigenvalue weighted by molar-refractivity contribution is -0.340. The summed E-state index contributed by atoms with van der Waals surface area (Å²) in [4.78, 5) is 69.7. The summed E-state index contributed by atoms with van der Waals surface area (Å²) >= 11 is 0. The zero-order valence-corrected chi connectivity index (χ0v) is 33.3. The number of carbonyl (C=O) groups is 5. The highest BCUT2D eigenvalue weighted by Crippen LogP contribution is 2.65. The molecule has 2 bridgehead atoms. The minimum absolute atomic E-state index is 0. The zero-order valence-electron chi connectivity index (χ0n) is 32.1. The first-order valence-corrected chi connectivity index (χ1v) is 18.9. The van der Waals surface area contributed by atoms with Crippen LogP contribution in [-0.4, -0.2) is 83.1 Å². The highest BCUT2D eigenvalue weighted by Gasteiger charge is 2.77. The summed E-state index contributed by atoms with van der Waals surface area (Å²) < 4.78 is 36.3. The van der Waals surface area contributed by atoms with Crippen molar-refractivity contribution in [3.63, 3.8) is 0 Å². The van der Waals surface area contributed by atoms with E-state index in [1.165, 1.54) is 13.8 Å². The van der Waals surface area contributed by atoms with Gasteiger partial charge in [-0.15, -0.1) is 0 Å². The third kappa shape index (κ3) is 6.79. The van der Waals surface area contributed by atoms with Gasteiger partial charge in [0.15, 0.2) is 23.6 Å². The Kier molecular flexibility index (Phi) is 12.1. The van der Waals surface area contributed by atoms with Gasteiger partial charge in [0.1, 0.15) is 23.9 Å². The predicted molar refractivity (Wildman–Crippen MR) is 206 cm³/mol. The van der Waals surface area contributed by atoms with Crippen molar-refractivity contribution in [1.82, 2.24) is 0 Å². The van der Waals surface area contributed by atoms with Gasteiger partial charge in [0.05, 0.1) is 24.1 Å². The molecule has 1 unspecified atom stereocenters. The average Bonchev–Trinajstić information content (AvgIpc) is 3.13. The molecular weight excluding hydrogens is 741 g/mol. The van der Waals surface area contributed by atoms with E-state index in [1.807, 2.05) is 16.4 Å². The molecule has 3 aliphatic carbocycles. The summed E-state index contributed by atoms with van der Waals surface area (Å²) in [6.07, 6.45) is -6.54. The number of ether oxygens (including phenoxy) is 5. The second-order valence-electron chi connectivity index (χ2n) is 16.1. The first-order valence-electron chi connectivity index (χ1n) is 18.4. The summed E-state index contributed by atoms with van der Waals surface area (Å²) in [6, 6.07) is 16.0. The number of benzene rings is 2. The van der Waals surface area contributed by atoms with E-state index in [-0.39, 0.29) is 38.0 Å². The lowest BCUT2D eigenvalue weighted by Crippen LogP contribution is -2.80. The number of hydrogen-bond donors (Lipinski definition) is 2. The fraction of sp³-hybridized carbons (Fsp3) is 0.548. The van der Waals surface area contributed by atoms with Gasteiger partial charge in [-0.3, -0.25) is 14.4 Å². The predicted octanol–water partition coefficient (Wildman–Crippen LogP) is 4.99. The van der Waals surface area contributed by atoms with Crippen LogP contribution in [0.15, 0.2) is 71.8 Å². The van der Waals surface area contributed by atoms with Crippen LogP contribution in [-0.2, 0) is 47.4 Å². The number of carbonyl (C=O) groups excluding carboxylic acids is 5. The maximum Gasteiger partial charge on any atom is 0.338 e. The molecule has 3 fully saturated rings. The molecule has 1 heterocycles. The molecule has 0 aromatic heterocycles. The Morgan fingerprint density at radius 3 is 2.09 bits per heavy atom. The number of esters is 4. The van der Waals surface area contributed by atoms with Crippen LogP contribution in [0.25, 0.3) is 0 Å². The Morgan fingerprint density at radius 2 is 1.55 bits per heavy atom. The topological polar surface area (TPSA) is 187 Å². The van der Waals surface area contributed by atoms with Crippen molar-refractivity contribution in [3.8, 4) is 0 Å². The van der Waals surface area contributed by atoms with Crippen molar-refractivity contribution < 1.29 is 57.3 Å². The number of nitrogens with two attached hydrogens (primary N) is 1. The van der Waals surface area contributed by atoms with Gasteiger partial charge in [0.2, 0.25) is 0 Å². The summed E-state index contributed by atoms with van der Waals surface area (Å²) in [5.41, 5.74) is 1.05. The fourth-order valence-corrected chi connectivity index (χ4v) is 9.94. The summed E-state index contributed by atoms with van der Waals surface area (Å²) in [6.45, 7) is 10.8. The highest BCUT2D eigenvalue weighted by molar-refractivity contribution is 7.09. The molecule has 1 aliphatic heterocycles. The van der Waals surface area contributed by atoms with E-state index >= 15 is 4.79 Å². The lowest BCUT2D eigenvalue weighted by Gasteiger charge is -2.68. The van der Waals surface area contributed by atoms with Crippen molar-refractivity contribution in [2.75, 3.05) is 6.61 Å². The minimum Gasteiger partial charge on any atom is -0.456 e. The molecule has 13 nitrogen and oxygen atoms in total. The van der Waals surface area contributed by atoms with Crippen LogP contribution in [0.2, 0.25) is 0 Å². The third-order valence-corrected chi connectivity index (χ3v) is 13.1. The van der Waals surface area contributed by atoms with Crippen LogP contribution < -0.4 is 5.73 Å². The molecule has 1 saturated heterocycles. The van der Waals surface area contributed by atoms with E-state index in [0.717, 1.165) is 0 Å². The quantitative estimate of drug-likeness (QED) is 0.150. The Bertz CT molecular complexity index is 1890. The monoisotopic (exact) mass is 795 g/mol. The van der Waals surface area contributed by atoms with Crippen molar-refractivity contribution in [1.29, 1.82) is 0 Å². The number of hydrogen-bond acceptors (Lipinski definition) is 13. The zero-order chi connectivity index (χ0) is 40.2. The Balaban J connectivity index is 0.00000600. The van der Waals surface area contributed by atoms with E-state index in [4.69, 9.17) is 33.9 Å². The van der Waals surface area contributed by atoms with Crippen molar-refractivity contribution in [3.05, 3.63) is 82.9 Å². The van der Waals surface area contributed by atoms with E-state index in [0.29, 0.717) is 11.1 Å². The first kappa shape index (κ1) is 43.1. The van der Waals surface area contributed by atoms with Crippen LogP contribution >= 0.6 is 9.47 Å². The SMILES string of the molecule is C.CC(=O)O[C@H]1C(=O)[C@@]2(C)[C@H]([C@H](OC(=O)c3ccccc3)[C@]3(O)C[C@H](OC(=O)[C@H](OP)[C@@H](N)c4ccccc4)C(C)=C1C3(C)C)[C@]1(OC(C)=O)CO[C@@H]1C[C@@H]2C. The molecule has 2 saturated carbocycles. The number of Topliss-reactive ketones (excluding diaryl/α,β-unsaturated/α-hetero) is 1. The van der Waals surface area contributed by atoms with E-state index in [9.17, 15) is 24.3 Å². The molecular formula is C42H54NO12P. The van der Waals surface area contributed by atoms with Gasteiger partial charge in [-0.05, 0) is 48.1 Å². The fourth-order valence-electron chi connectivity index (χ4n) is 9.66. The second-order valence-corrected chi connectivity index (χ2v) is 16.3. The molecule has 0 amide bonds. The van der Waals surface area contributed by atoms with Crippen LogP contribution in [0.1, 0.15) is 90.7 Å². The third-order valence-electron chi connectivity index (χ3n) is 12.8. The van der Waals surface area contributed by atoms with Crippen LogP contribution in [0.3, 0.4) is 0 Å². The molecule has 3 N–H and O–H groups in total. The number of fused-ring (bicyclic) bond motifs is 5. The van der Waals surface area contributed by atoms with Gasteiger partial charge in [-0.25, -0.2) is 9.59 Å². The standard InChI is InChI=1S/C41H50NO12P.CH4/c1-21-18-28-40(20-49-28,53-24(4)44)33-35(52-36(46)26-16-12-9-13-17-26)41(48)19-27(51-37(47)32(54-55)30(42)25-14-10-8-11-15-25)22(2)29(38(41,5)6)31(50-23(3)43)34(45)39(21,33)7;/h8-17,21,27-28,30-33,35,48H,18-20,42,55H2,1-7H3;1H4/t21-,27-,28+,30-,31+,32+,33-,35-,39+,40-,41+;/m0./s1. The second kappa shape index (κ2) is 15.7. The van der Waals surface area contributed by atoms with Crippen LogP contribution in [0.5, 0.6) is 0 Å². The van der Waals surface area contributed by atoms with E-state index < -0.39 is 100 Å². The Hall–Kier alpha value is -4.00. The molecule has 0 spiro atoms. The van der Waals surface area contributed by atoms with Crippen molar-refractivity contribution in [2.45, 2.75) is 116 Å². The largest absolute Gasteiger partial charge is 0.456 e. The maximum atomic E-state index is 15.5. The Labute approximate surface area is 330 Å². The minimum atomic E-state index is -2.18. The van der Waals surface area contributed by atoms with Crippen molar-refractivity contribution in [2.24, 2.45) is 28.4 Å². The molecule has 0 radical (unpaired) electrons. The normalized spacial score (nSPS) is 34.0. The smallest absolute Gasteiger partial charge is 0.338 e. The van der Waals surface area contributed by atoms with Gasteiger partial charge in [-0.1, -0.05) is 83.7 Å². The number of rotatable bonds is 9. The number of aliphatic hydroxyl groups is 1. The van der Waals surface area contributed by atoms with Crippen LogP contribution in [0, 0.1) is 22.7 Å². The molecule has 4 aliphatic rings. The molecule has 2 aromatic rings. The summed E-state index contributed by atoms with van der Waals surface area (Å²) in [5.74, 6) is -5.41. The summed E-state index contributed by atoms with van der Waals surface area (Å²) in [5, 5.41) is 13.6. The molecule has 56 heavy (non-hydrogen) atoms. The van der Waals surface area contributed by atoms with Gasteiger partial charge in [-0.2, -0.15) is 0 Å². The molecule has 2 aromatic carbocycles. The molecule has 6 rings (SSSR count). The summed E-state index contributed by atoms with van der Waals surface area (Å²) in [7, 11) is 2.04. The van der Waals surface area contributed by atoms with Gasteiger partial charge in [0, 0.05) is 40.6 Å². The first-order chi connectivity index (χ1) is 25.8.